The first-order valence-electron chi connectivity index (χ1n) is 12.1. The summed E-state index contributed by atoms with van der Waals surface area (Å²) >= 11 is 0. The lowest BCUT2D eigenvalue weighted by Crippen LogP contribution is -2.52. The lowest BCUT2D eigenvalue weighted by molar-refractivity contribution is -0.139. The summed E-state index contributed by atoms with van der Waals surface area (Å²) in [5.74, 6) is -1.57. The van der Waals surface area contributed by atoms with Gasteiger partial charge in [-0.2, -0.15) is 0 Å². The number of hydrogen-bond donors (Lipinski definition) is 1. The number of nitrogens with zero attached hydrogens (tertiary/aromatic N) is 2. The second-order valence-corrected chi connectivity index (χ2v) is 10.6. The molecule has 3 aromatic rings. The highest BCUT2D eigenvalue weighted by atomic mass is 32.2. The fourth-order valence-electron chi connectivity index (χ4n) is 3.70. The summed E-state index contributed by atoms with van der Waals surface area (Å²) in [5, 5.41) is 2.85. The molecule has 1 N–H and O–H groups in total. The van der Waals surface area contributed by atoms with Crippen molar-refractivity contribution in [2.24, 2.45) is 0 Å². The number of halogens is 1. The molecule has 0 bridgehead atoms. The third kappa shape index (κ3) is 6.95. The highest BCUT2D eigenvalue weighted by Crippen LogP contribution is 2.24. The lowest BCUT2D eigenvalue weighted by Gasteiger charge is -2.32. The number of benzene rings is 3. The van der Waals surface area contributed by atoms with E-state index in [-0.39, 0.29) is 23.0 Å². The van der Waals surface area contributed by atoms with E-state index in [1.165, 1.54) is 35.2 Å². The molecular weight excluding hydrogens is 493 g/mol. The summed E-state index contributed by atoms with van der Waals surface area (Å²) in [6.45, 7) is 4.54. The Labute approximate surface area is 218 Å². The number of carbonyl (C=O) groups is 2. The van der Waals surface area contributed by atoms with E-state index in [9.17, 15) is 22.4 Å². The summed E-state index contributed by atoms with van der Waals surface area (Å²) in [5.41, 5.74) is 0.512. The molecule has 2 atom stereocenters. The van der Waals surface area contributed by atoms with E-state index in [1.54, 1.807) is 61.5 Å². The molecular formula is C28H32FN3O4S. The molecule has 7 nitrogen and oxygen atoms in total. The molecule has 37 heavy (non-hydrogen) atoms. The van der Waals surface area contributed by atoms with E-state index in [2.05, 4.69) is 5.32 Å². The molecule has 9 heteroatoms. The molecule has 0 aliphatic carbocycles. The second kappa shape index (κ2) is 12.5. The van der Waals surface area contributed by atoms with Crippen molar-refractivity contribution >= 4 is 27.5 Å². The van der Waals surface area contributed by atoms with Crippen molar-refractivity contribution in [2.75, 3.05) is 10.8 Å². The average Bonchev–Trinajstić information content (AvgIpc) is 2.91. The fourth-order valence-corrected chi connectivity index (χ4v) is 5.14. The van der Waals surface area contributed by atoms with Crippen LogP contribution in [0.2, 0.25) is 0 Å². The molecule has 0 saturated heterocycles. The number of sulfonamides is 1. The molecule has 0 aliphatic heterocycles. The largest absolute Gasteiger partial charge is 0.352 e. The monoisotopic (exact) mass is 525 g/mol. The zero-order valence-electron chi connectivity index (χ0n) is 21.2. The summed E-state index contributed by atoms with van der Waals surface area (Å²) in [6, 6.07) is 21.0. The lowest BCUT2D eigenvalue weighted by atomic mass is 10.1. The minimum atomic E-state index is -4.12. The van der Waals surface area contributed by atoms with Gasteiger partial charge in [-0.25, -0.2) is 12.8 Å². The Morgan fingerprint density at radius 2 is 1.46 bits per heavy atom. The molecule has 0 fully saturated rings. The van der Waals surface area contributed by atoms with Crippen molar-refractivity contribution in [1.82, 2.24) is 10.2 Å². The van der Waals surface area contributed by atoms with Gasteiger partial charge in [-0.3, -0.25) is 13.9 Å². The molecule has 0 radical (unpaired) electrons. The standard InChI is InChI=1S/C28H32FN3O4S/c1-4-21(2)30-28(34)22(3)31(19-23-13-11-12-18-26(23)29)27(33)20-32(24-14-7-5-8-15-24)37(35,36)25-16-9-6-10-17-25/h5-18,21-22H,4,19-20H2,1-3H3,(H,30,34). The van der Waals surface area contributed by atoms with E-state index in [0.29, 0.717) is 12.1 Å². The highest BCUT2D eigenvalue weighted by molar-refractivity contribution is 7.92. The van der Waals surface area contributed by atoms with Crippen LogP contribution < -0.4 is 9.62 Å². The topological polar surface area (TPSA) is 86.8 Å². The number of hydrogen-bond acceptors (Lipinski definition) is 4. The summed E-state index contributed by atoms with van der Waals surface area (Å²) in [6.07, 6.45) is 0.691. The quantitative estimate of drug-likeness (QED) is 0.403. The van der Waals surface area contributed by atoms with Crippen LogP contribution in [0.5, 0.6) is 0 Å². The number of para-hydroxylation sites is 1. The van der Waals surface area contributed by atoms with Crippen molar-refractivity contribution in [1.29, 1.82) is 0 Å². The maximum atomic E-state index is 14.5. The Morgan fingerprint density at radius 3 is 2.05 bits per heavy atom. The number of anilines is 1. The molecule has 3 aromatic carbocycles. The number of rotatable bonds is 11. The van der Waals surface area contributed by atoms with Crippen LogP contribution in [0.1, 0.15) is 32.8 Å². The smallest absolute Gasteiger partial charge is 0.264 e. The predicted octanol–water partition coefficient (Wildman–Crippen LogP) is 4.35. The second-order valence-electron chi connectivity index (χ2n) is 8.77. The summed E-state index contributed by atoms with van der Waals surface area (Å²) in [7, 11) is -4.12. The SMILES string of the molecule is CCC(C)NC(=O)C(C)N(Cc1ccccc1F)C(=O)CN(c1ccccc1)S(=O)(=O)c1ccccc1. The van der Waals surface area contributed by atoms with Gasteiger partial charge in [0.1, 0.15) is 18.4 Å². The molecule has 196 valence electrons. The summed E-state index contributed by atoms with van der Waals surface area (Å²) < 4.78 is 42.8. The van der Waals surface area contributed by atoms with Gasteiger partial charge in [0.2, 0.25) is 11.8 Å². The Balaban J connectivity index is 2.00. The van der Waals surface area contributed by atoms with Gasteiger partial charge in [-0.05, 0) is 50.6 Å². The molecule has 0 saturated carbocycles. The molecule has 2 unspecified atom stereocenters. The van der Waals surface area contributed by atoms with E-state index in [4.69, 9.17) is 0 Å². The third-order valence-electron chi connectivity index (χ3n) is 6.12. The maximum absolute atomic E-state index is 14.5. The molecule has 2 amide bonds. The molecule has 0 aliphatic rings. The van der Waals surface area contributed by atoms with Crippen LogP contribution >= 0.6 is 0 Å². The first kappa shape index (κ1) is 27.9. The van der Waals surface area contributed by atoms with Crippen LogP contribution in [0.15, 0.2) is 89.8 Å². The predicted molar refractivity (Wildman–Crippen MR) is 142 cm³/mol. The Morgan fingerprint density at radius 1 is 0.892 bits per heavy atom. The van der Waals surface area contributed by atoms with Gasteiger partial charge in [0.15, 0.2) is 0 Å². The highest BCUT2D eigenvalue weighted by Gasteiger charge is 2.33. The Hall–Kier alpha value is -3.72. The number of amides is 2. The van der Waals surface area contributed by atoms with E-state index >= 15 is 0 Å². The minimum Gasteiger partial charge on any atom is -0.352 e. The van der Waals surface area contributed by atoms with Gasteiger partial charge in [-0.15, -0.1) is 0 Å². The fraction of sp³-hybridized carbons (Fsp3) is 0.286. The molecule has 0 spiro atoms. The Kier molecular flexibility index (Phi) is 9.41. The van der Waals surface area contributed by atoms with Gasteiger partial charge in [0.05, 0.1) is 10.6 Å². The van der Waals surface area contributed by atoms with Crippen LogP contribution in [0.25, 0.3) is 0 Å². The summed E-state index contributed by atoms with van der Waals surface area (Å²) in [4.78, 5) is 28.0. The van der Waals surface area contributed by atoms with E-state index < -0.39 is 40.2 Å². The zero-order chi connectivity index (χ0) is 27.0. The van der Waals surface area contributed by atoms with Crippen LogP contribution in [-0.4, -0.2) is 43.8 Å². The van der Waals surface area contributed by atoms with Crippen molar-refractivity contribution in [2.45, 2.75) is 50.7 Å². The molecule has 0 aromatic heterocycles. The average molecular weight is 526 g/mol. The maximum Gasteiger partial charge on any atom is 0.264 e. The van der Waals surface area contributed by atoms with Crippen molar-refractivity contribution in [3.63, 3.8) is 0 Å². The minimum absolute atomic E-state index is 0.0230. The van der Waals surface area contributed by atoms with E-state index in [0.717, 1.165) is 4.31 Å². The molecule has 0 heterocycles. The van der Waals surface area contributed by atoms with Gasteiger partial charge >= 0.3 is 0 Å². The third-order valence-corrected chi connectivity index (χ3v) is 7.91. The Bertz CT molecular complexity index is 1300. The van der Waals surface area contributed by atoms with Crippen molar-refractivity contribution in [3.05, 3.63) is 96.3 Å². The van der Waals surface area contributed by atoms with Crippen molar-refractivity contribution < 1.29 is 22.4 Å². The van der Waals surface area contributed by atoms with Crippen LogP contribution in [-0.2, 0) is 26.2 Å². The van der Waals surface area contributed by atoms with Crippen LogP contribution in [0.4, 0.5) is 10.1 Å². The number of nitrogens with one attached hydrogen (secondary N) is 1. The van der Waals surface area contributed by atoms with Gasteiger partial charge in [0, 0.05) is 18.2 Å². The molecule has 3 rings (SSSR count). The van der Waals surface area contributed by atoms with Crippen LogP contribution in [0.3, 0.4) is 0 Å². The van der Waals surface area contributed by atoms with Gasteiger partial charge < -0.3 is 10.2 Å². The number of carbonyl (C=O) groups excluding carboxylic acids is 2. The first-order chi connectivity index (χ1) is 17.6. The van der Waals surface area contributed by atoms with Crippen LogP contribution in [0, 0.1) is 5.82 Å². The first-order valence-corrected chi connectivity index (χ1v) is 13.5. The van der Waals surface area contributed by atoms with Gasteiger partial charge in [0.25, 0.3) is 10.0 Å². The van der Waals surface area contributed by atoms with Gasteiger partial charge in [-0.1, -0.05) is 61.5 Å². The van der Waals surface area contributed by atoms with Crippen molar-refractivity contribution in [3.8, 4) is 0 Å². The zero-order valence-corrected chi connectivity index (χ0v) is 22.0. The normalized spacial score (nSPS) is 12.9. The van der Waals surface area contributed by atoms with E-state index in [1.807, 2.05) is 13.8 Å².